The van der Waals surface area contributed by atoms with Gasteiger partial charge in [0.2, 0.25) is 5.96 Å². The Labute approximate surface area is 218 Å². The number of hydrogen-bond donors (Lipinski definition) is 1. The molecule has 7 heteroatoms. The van der Waals surface area contributed by atoms with Crippen LogP contribution in [0.3, 0.4) is 0 Å². The molecule has 37 heavy (non-hydrogen) atoms. The molecule has 2 fully saturated rings. The quantitative estimate of drug-likeness (QED) is 0.419. The number of imidazole rings is 1. The monoisotopic (exact) mass is 501 g/mol. The highest BCUT2D eigenvalue weighted by Crippen LogP contribution is 2.42. The van der Waals surface area contributed by atoms with Crippen LogP contribution in [0.1, 0.15) is 69.0 Å². The van der Waals surface area contributed by atoms with Crippen molar-refractivity contribution < 1.29 is 9.18 Å². The van der Waals surface area contributed by atoms with Gasteiger partial charge in [0.15, 0.2) is 0 Å². The first-order valence-corrected chi connectivity index (χ1v) is 12.5. The lowest BCUT2D eigenvalue weighted by Crippen LogP contribution is -2.66. The van der Waals surface area contributed by atoms with Crippen LogP contribution in [0.25, 0.3) is 11.8 Å². The summed E-state index contributed by atoms with van der Waals surface area (Å²) in [4.78, 5) is 22.0. The number of guanidine groups is 1. The molecule has 2 unspecified atom stereocenters. The van der Waals surface area contributed by atoms with Gasteiger partial charge in [0, 0.05) is 24.0 Å². The summed E-state index contributed by atoms with van der Waals surface area (Å²) in [5, 5.41) is 9.00. The number of aromatic nitrogens is 2. The van der Waals surface area contributed by atoms with Crippen molar-refractivity contribution in [3.05, 3.63) is 88.8 Å². The van der Waals surface area contributed by atoms with Crippen LogP contribution in [-0.4, -0.2) is 43.3 Å². The first-order chi connectivity index (χ1) is 17.2. The second-order valence-electron chi connectivity index (χ2n) is 10.1. The largest absolute Gasteiger partial charge is 0.333 e. The maximum Gasteiger partial charge on any atom is 0.259 e. The first-order valence-electron chi connectivity index (χ1n) is 12.5. The van der Waals surface area contributed by atoms with Gasteiger partial charge in [-0.3, -0.25) is 15.1 Å². The Hall–Kier alpha value is -3.74. The van der Waals surface area contributed by atoms with Crippen molar-refractivity contribution in [2.75, 3.05) is 6.54 Å². The van der Waals surface area contributed by atoms with Crippen LogP contribution >= 0.6 is 0 Å². The van der Waals surface area contributed by atoms with Gasteiger partial charge < -0.3 is 9.47 Å². The molecule has 2 saturated heterocycles. The van der Waals surface area contributed by atoms with Crippen LogP contribution in [0, 0.1) is 25.1 Å². The Morgan fingerprint density at radius 1 is 1.14 bits per heavy atom. The number of nitrogens with zero attached hydrogens (tertiary/aromatic N) is 4. The molecule has 5 rings (SSSR count). The first kappa shape index (κ1) is 26.3. The smallest absolute Gasteiger partial charge is 0.259 e. The van der Waals surface area contributed by atoms with Gasteiger partial charge in [0.05, 0.1) is 23.6 Å². The Morgan fingerprint density at radius 3 is 2.51 bits per heavy atom. The van der Waals surface area contributed by atoms with E-state index in [-0.39, 0.29) is 25.1 Å². The third-order valence-corrected chi connectivity index (χ3v) is 7.67. The Kier molecular flexibility index (Phi) is 7.09. The molecule has 3 heterocycles. The summed E-state index contributed by atoms with van der Waals surface area (Å²) in [6, 6.07) is 12.0. The summed E-state index contributed by atoms with van der Waals surface area (Å²) < 4.78 is 15.6. The molecule has 0 aliphatic carbocycles. The summed E-state index contributed by atoms with van der Waals surface area (Å²) in [6.45, 7) is 8.73. The van der Waals surface area contributed by atoms with Crippen LogP contribution < -0.4 is 0 Å². The molecule has 194 valence electrons. The maximum absolute atomic E-state index is 14.1. The van der Waals surface area contributed by atoms with Crippen LogP contribution in [0.2, 0.25) is 0 Å². The van der Waals surface area contributed by atoms with Gasteiger partial charge in [-0.1, -0.05) is 25.6 Å². The number of carbonyl (C=O) groups is 1. The van der Waals surface area contributed by atoms with Gasteiger partial charge in [-0.25, -0.2) is 9.37 Å². The van der Waals surface area contributed by atoms with Crippen molar-refractivity contribution in [2.45, 2.75) is 66.0 Å². The van der Waals surface area contributed by atoms with Gasteiger partial charge in [-0.2, -0.15) is 0 Å². The number of carbonyl (C=O) groups excluding carboxylic acids is 1. The zero-order valence-electron chi connectivity index (χ0n) is 21.3. The number of rotatable bonds is 4. The zero-order valence-corrected chi connectivity index (χ0v) is 21.3. The number of piperidine rings is 1. The van der Waals surface area contributed by atoms with Crippen LogP contribution in [0.15, 0.2) is 60.6 Å². The van der Waals surface area contributed by atoms with Crippen molar-refractivity contribution in [3.8, 4) is 5.69 Å². The molecule has 0 radical (unpaired) electrons. The molecule has 2 aliphatic heterocycles. The second kappa shape index (κ2) is 9.96. The highest BCUT2D eigenvalue weighted by atomic mass is 19.1. The SMILES string of the molecule is C.Cc1cn(-c2ccc(/C=C3/C(=O)N(C(C)c4ccc(F)cc4)C(=N)N4CCCCC34C)cc2C)cn1. The van der Waals surface area contributed by atoms with Gasteiger partial charge >= 0.3 is 0 Å². The van der Waals surface area contributed by atoms with Crippen molar-refractivity contribution >= 4 is 17.9 Å². The third-order valence-electron chi connectivity index (χ3n) is 7.67. The molecule has 1 amide bonds. The molecule has 0 bridgehead atoms. The summed E-state index contributed by atoms with van der Waals surface area (Å²) in [6.07, 6.45) is 8.60. The van der Waals surface area contributed by atoms with E-state index in [1.54, 1.807) is 17.0 Å². The van der Waals surface area contributed by atoms with Crippen LogP contribution in [0.5, 0.6) is 0 Å². The fourth-order valence-corrected chi connectivity index (χ4v) is 5.57. The van der Waals surface area contributed by atoms with Gasteiger partial charge in [-0.05, 0) is 94.0 Å². The van der Waals surface area contributed by atoms with E-state index >= 15 is 0 Å². The van der Waals surface area contributed by atoms with E-state index in [4.69, 9.17) is 5.41 Å². The second-order valence-corrected chi connectivity index (χ2v) is 10.1. The van der Waals surface area contributed by atoms with Crippen molar-refractivity contribution in [3.63, 3.8) is 0 Å². The minimum absolute atomic E-state index is 0. The lowest BCUT2D eigenvalue weighted by molar-refractivity contribution is -0.129. The summed E-state index contributed by atoms with van der Waals surface area (Å²) in [5.41, 5.74) is 4.98. The fourth-order valence-electron chi connectivity index (χ4n) is 5.57. The van der Waals surface area contributed by atoms with E-state index in [1.807, 2.05) is 43.1 Å². The van der Waals surface area contributed by atoms with Crippen molar-refractivity contribution in [1.29, 1.82) is 5.41 Å². The van der Waals surface area contributed by atoms with Gasteiger partial charge in [0.25, 0.3) is 5.91 Å². The van der Waals surface area contributed by atoms with Gasteiger partial charge in [-0.15, -0.1) is 0 Å². The Balaban J connectivity index is 0.00000320. The summed E-state index contributed by atoms with van der Waals surface area (Å²) >= 11 is 0. The molecule has 1 aromatic heterocycles. The molecule has 0 saturated carbocycles. The fraction of sp³-hybridized carbons (Fsp3) is 0.367. The average molecular weight is 502 g/mol. The molecule has 0 spiro atoms. The van der Waals surface area contributed by atoms with E-state index in [1.165, 1.54) is 12.1 Å². The maximum atomic E-state index is 14.1. The zero-order chi connectivity index (χ0) is 25.6. The molecule has 6 nitrogen and oxygen atoms in total. The average Bonchev–Trinajstić information content (AvgIpc) is 3.28. The van der Waals surface area contributed by atoms with Crippen LogP contribution in [-0.2, 0) is 4.79 Å². The lowest BCUT2D eigenvalue weighted by Gasteiger charge is -2.54. The topological polar surface area (TPSA) is 65.2 Å². The minimum atomic E-state index is -0.542. The molecular formula is C30H36FN5O. The molecule has 2 atom stereocenters. The molecule has 2 aliphatic rings. The number of halogens is 1. The van der Waals surface area contributed by atoms with E-state index < -0.39 is 11.6 Å². The van der Waals surface area contributed by atoms with Crippen LogP contribution in [0.4, 0.5) is 4.39 Å². The van der Waals surface area contributed by atoms with E-state index in [9.17, 15) is 9.18 Å². The normalized spacial score (nSPS) is 21.6. The summed E-state index contributed by atoms with van der Waals surface area (Å²) in [5.74, 6) is -0.262. The standard InChI is InChI=1S/C29H32FN5O.CH4/c1-19-15-22(7-12-26(19)33-17-20(2)32-18-33)16-25-27(36)35(21(3)23-8-10-24(30)11-9-23)28(31)34-14-6-5-13-29(25,34)4;/h7-12,15-18,21,31H,5-6,13-14H2,1-4H3;1H4/b25-16-,31-28?;. The highest BCUT2D eigenvalue weighted by molar-refractivity contribution is 6.12. The lowest BCUT2D eigenvalue weighted by atomic mass is 9.78. The number of nitrogens with one attached hydrogen (secondary N) is 1. The van der Waals surface area contributed by atoms with E-state index in [0.29, 0.717) is 5.57 Å². The molecule has 3 aromatic rings. The molecule has 1 N–H and O–H groups in total. The van der Waals surface area contributed by atoms with Crippen molar-refractivity contribution in [1.82, 2.24) is 19.4 Å². The van der Waals surface area contributed by atoms with E-state index in [0.717, 1.165) is 53.9 Å². The van der Waals surface area contributed by atoms with E-state index in [2.05, 4.69) is 35.9 Å². The number of hydrogen-bond acceptors (Lipinski definition) is 3. The highest BCUT2D eigenvalue weighted by Gasteiger charge is 2.50. The molecule has 2 aromatic carbocycles. The summed E-state index contributed by atoms with van der Waals surface area (Å²) in [7, 11) is 0. The molecular weight excluding hydrogens is 465 g/mol. The Morgan fingerprint density at radius 2 is 1.86 bits per heavy atom. The number of amides is 1. The predicted octanol–water partition coefficient (Wildman–Crippen LogP) is 6.43. The van der Waals surface area contributed by atoms with Gasteiger partial charge in [0.1, 0.15) is 5.82 Å². The van der Waals surface area contributed by atoms with Crippen molar-refractivity contribution in [2.24, 2.45) is 0 Å². The number of benzene rings is 2. The Bertz CT molecular complexity index is 1360. The number of fused-ring (bicyclic) bond motifs is 1. The third kappa shape index (κ3) is 4.59. The number of aryl methyl sites for hydroxylation is 2. The predicted molar refractivity (Wildman–Crippen MR) is 146 cm³/mol. The minimum Gasteiger partial charge on any atom is -0.333 e.